The number of hydrogen-bond acceptors (Lipinski definition) is 3. The van der Waals surface area contributed by atoms with Crippen molar-refractivity contribution in [2.45, 2.75) is 25.9 Å². The predicted octanol–water partition coefficient (Wildman–Crippen LogP) is 3.28. The second-order valence-corrected chi connectivity index (χ2v) is 5.33. The molecule has 0 amide bonds. The van der Waals surface area contributed by atoms with Crippen LogP contribution in [0.2, 0.25) is 0 Å². The molecule has 2 aromatic rings. The third-order valence-corrected chi connectivity index (χ3v) is 3.98. The first-order valence-electron chi connectivity index (χ1n) is 6.30. The predicted molar refractivity (Wildman–Crippen MR) is 77.8 cm³/mol. The lowest BCUT2D eigenvalue weighted by Crippen LogP contribution is -2.30. The minimum Gasteiger partial charge on any atom is -0.395 e. The first-order valence-corrected chi connectivity index (χ1v) is 7.18. The van der Waals surface area contributed by atoms with Crippen LogP contribution in [-0.2, 0) is 6.54 Å². The molecule has 1 atom stereocenters. The fourth-order valence-corrected chi connectivity index (χ4v) is 2.68. The first-order chi connectivity index (χ1) is 8.83. The van der Waals surface area contributed by atoms with Gasteiger partial charge in [0.05, 0.1) is 6.61 Å². The summed E-state index contributed by atoms with van der Waals surface area (Å²) < 4.78 is 0. The maximum Gasteiger partial charge on any atom is 0.0584 e. The quantitative estimate of drug-likeness (QED) is 0.836. The van der Waals surface area contributed by atoms with E-state index in [0.717, 1.165) is 13.0 Å². The Morgan fingerprint density at radius 1 is 1.22 bits per heavy atom. The molecular weight excluding hydrogens is 242 g/mol. The second kappa shape index (κ2) is 6.69. The zero-order valence-corrected chi connectivity index (χ0v) is 11.4. The van der Waals surface area contributed by atoms with E-state index >= 15 is 0 Å². The topological polar surface area (TPSA) is 32.3 Å². The molecule has 2 N–H and O–H groups in total. The van der Waals surface area contributed by atoms with Crippen LogP contribution in [0.4, 0.5) is 0 Å². The Labute approximate surface area is 112 Å². The van der Waals surface area contributed by atoms with E-state index < -0.39 is 0 Å². The molecule has 0 spiro atoms. The van der Waals surface area contributed by atoms with Crippen LogP contribution in [0.25, 0.3) is 11.1 Å². The monoisotopic (exact) mass is 261 g/mol. The van der Waals surface area contributed by atoms with Crippen molar-refractivity contribution >= 4 is 11.3 Å². The molecule has 0 bridgehead atoms. The van der Waals surface area contributed by atoms with Gasteiger partial charge in [0, 0.05) is 17.5 Å². The highest BCUT2D eigenvalue weighted by Gasteiger charge is 2.06. The molecule has 0 saturated carbocycles. The minimum atomic E-state index is 0.201. The number of rotatable bonds is 6. The van der Waals surface area contributed by atoms with Crippen molar-refractivity contribution in [1.82, 2.24) is 5.32 Å². The molecular formula is C15H19NOS. The molecule has 1 aromatic heterocycles. The van der Waals surface area contributed by atoms with Gasteiger partial charge < -0.3 is 10.4 Å². The molecule has 3 heteroatoms. The van der Waals surface area contributed by atoms with Crippen molar-refractivity contribution in [3.63, 3.8) is 0 Å². The molecule has 1 aromatic carbocycles. The maximum absolute atomic E-state index is 9.13. The maximum atomic E-state index is 9.13. The summed E-state index contributed by atoms with van der Waals surface area (Å²) in [6.45, 7) is 3.11. The normalized spacial score (nSPS) is 12.6. The average Bonchev–Trinajstić information content (AvgIpc) is 2.90. The number of hydrogen-bond donors (Lipinski definition) is 2. The van der Waals surface area contributed by atoms with Crippen molar-refractivity contribution in [2.75, 3.05) is 6.61 Å². The lowest BCUT2D eigenvalue weighted by Gasteiger charge is -2.12. The molecule has 1 heterocycles. The number of benzene rings is 1. The van der Waals surface area contributed by atoms with Crippen LogP contribution in [0, 0.1) is 0 Å². The van der Waals surface area contributed by atoms with Crippen molar-refractivity contribution in [3.05, 3.63) is 46.7 Å². The van der Waals surface area contributed by atoms with Gasteiger partial charge in [0.15, 0.2) is 0 Å². The number of aliphatic hydroxyl groups is 1. The van der Waals surface area contributed by atoms with Gasteiger partial charge in [-0.1, -0.05) is 37.3 Å². The van der Waals surface area contributed by atoms with Crippen LogP contribution in [0.5, 0.6) is 0 Å². The van der Waals surface area contributed by atoms with E-state index in [2.05, 4.69) is 48.0 Å². The SMILES string of the molecule is CC[C@@H](CO)NCc1cc(-c2ccccc2)cs1. The third-order valence-electron chi connectivity index (χ3n) is 3.04. The van der Waals surface area contributed by atoms with Crippen LogP contribution >= 0.6 is 11.3 Å². The average molecular weight is 261 g/mol. The van der Waals surface area contributed by atoms with E-state index in [9.17, 15) is 0 Å². The van der Waals surface area contributed by atoms with Crippen LogP contribution in [0.15, 0.2) is 41.8 Å². The Morgan fingerprint density at radius 2 is 2.00 bits per heavy atom. The van der Waals surface area contributed by atoms with Crippen molar-refractivity contribution in [2.24, 2.45) is 0 Å². The van der Waals surface area contributed by atoms with Crippen LogP contribution in [0.1, 0.15) is 18.2 Å². The molecule has 0 unspecified atom stereocenters. The summed E-state index contributed by atoms with van der Waals surface area (Å²) in [7, 11) is 0. The van der Waals surface area contributed by atoms with Crippen LogP contribution < -0.4 is 5.32 Å². The summed E-state index contributed by atoms with van der Waals surface area (Å²) in [6.07, 6.45) is 0.952. The molecule has 0 saturated heterocycles. The summed E-state index contributed by atoms with van der Waals surface area (Å²) in [5.74, 6) is 0. The molecule has 0 fully saturated rings. The van der Waals surface area contributed by atoms with Gasteiger partial charge >= 0.3 is 0 Å². The van der Waals surface area contributed by atoms with E-state index in [4.69, 9.17) is 5.11 Å². The summed E-state index contributed by atoms with van der Waals surface area (Å²) in [6, 6.07) is 12.8. The van der Waals surface area contributed by atoms with Gasteiger partial charge in [-0.25, -0.2) is 0 Å². The van der Waals surface area contributed by atoms with Crippen molar-refractivity contribution in [3.8, 4) is 11.1 Å². The largest absolute Gasteiger partial charge is 0.395 e. The zero-order chi connectivity index (χ0) is 12.8. The number of nitrogens with one attached hydrogen (secondary N) is 1. The van der Waals surface area contributed by atoms with Gasteiger partial charge in [0.1, 0.15) is 0 Å². The van der Waals surface area contributed by atoms with Gasteiger partial charge in [-0.3, -0.25) is 0 Å². The molecule has 0 aliphatic carbocycles. The van der Waals surface area contributed by atoms with Crippen LogP contribution in [-0.4, -0.2) is 17.8 Å². The number of aliphatic hydroxyl groups excluding tert-OH is 1. The fraction of sp³-hybridized carbons (Fsp3) is 0.333. The lowest BCUT2D eigenvalue weighted by molar-refractivity contribution is 0.238. The Bertz CT molecular complexity index is 462. The minimum absolute atomic E-state index is 0.201. The number of thiophene rings is 1. The Hall–Kier alpha value is -1.16. The van der Waals surface area contributed by atoms with Crippen LogP contribution in [0.3, 0.4) is 0 Å². The molecule has 2 nitrogen and oxygen atoms in total. The molecule has 18 heavy (non-hydrogen) atoms. The van der Waals surface area contributed by atoms with E-state index in [1.54, 1.807) is 11.3 Å². The van der Waals surface area contributed by atoms with E-state index in [1.165, 1.54) is 16.0 Å². The summed E-state index contributed by atoms with van der Waals surface area (Å²) >= 11 is 1.76. The van der Waals surface area contributed by atoms with Gasteiger partial charge in [0.2, 0.25) is 0 Å². The smallest absolute Gasteiger partial charge is 0.0584 e. The van der Waals surface area contributed by atoms with E-state index in [-0.39, 0.29) is 12.6 Å². The van der Waals surface area contributed by atoms with Gasteiger partial charge in [-0.05, 0) is 29.0 Å². The highest BCUT2D eigenvalue weighted by atomic mass is 32.1. The molecule has 0 aliphatic heterocycles. The van der Waals surface area contributed by atoms with E-state index in [1.807, 2.05) is 6.07 Å². The molecule has 96 valence electrons. The zero-order valence-electron chi connectivity index (χ0n) is 10.6. The summed E-state index contributed by atoms with van der Waals surface area (Å²) in [4.78, 5) is 1.31. The second-order valence-electron chi connectivity index (χ2n) is 4.34. The van der Waals surface area contributed by atoms with Gasteiger partial charge in [-0.15, -0.1) is 11.3 Å². The molecule has 0 aliphatic rings. The highest BCUT2D eigenvalue weighted by molar-refractivity contribution is 7.10. The third kappa shape index (κ3) is 3.42. The first kappa shape index (κ1) is 13.3. The van der Waals surface area contributed by atoms with Crippen molar-refractivity contribution < 1.29 is 5.11 Å². The summed E-state index contributed by atoms with van der Waals surface area (Å²) in [5, 5.41) is 14.7. The Morgan fingerprint density at radius 3 is 2.67 bits per heavy atom. The van der Waals surface area contributed by atoms with Gasteiger partial charge in [-0.2, -0.15) is 0 Å². The Balaban J connectivity index is 1.98. The highest BCUT2D eigenvalue weighted by Crippen LogP contribution is 2.25. The fourth-order valence-electron chi connectivity index (χ4n) is 1.84. The van der Waals surface area contributed by atoms with Gasteiger partial charge in [0.25, 0.3) is 0 Å². The standard InChI is InChI=1S/C15H19NOS/c1-2-14(10-17)16-9-15-8-13(11-18-15)12-6-4-3-5-7-12/h3-8,11,14,16-17H,2,9-10H2,1H3/t14-/m0/s1. The van der Waals surface area contributed by atoms with Crippen molar-refractivity contribution in [1.29, 1.82) is 0 Å². The Kier molecular flexibility index (Phi) is 4.93. The summed E-state index contributed by atoms with van der Waals surface area (Å²) in [5.41, 5.74) is 2.53. The van der Waals surface area contributed by atoms with E-state index in [0.29, 0.717) is 0 Å². The molecule has 0 radical (unpaired) electrons. The molecule has 2 rings (SSSR count). The lowest BCUT2D eigenvalue weighted by atomic mass is 10.1.